The second kappa shape index (κ2) is 15.3. The van der Waals surface area contributed by atoms with Gasteiger partial charge in [0.05, 0.1) is 12.2 Å². The summed E-state index contributed by atoms with van der Waals surface area (Å²) in [6.45, 7) is 4.18. The number of benzene rings is 3. The van der Waals surface area contributed by atoms with Crippen molar-refractivity contribution in [2.24, 2.45) is 5.92 Å². The molecule has 0 amide bonds. The van der Waals surface area contributed by atoms with E-state index >= 15 is 8.78 Å². The lowest BCUT2D eigenvalue weighted by molar-refractivity contribution is 0.0726. The van der Waals surface area contributed by atoms with Crippen LogP contribution in [0.5, 0.6) is 11.5 Å². The van der Waals surface area contributed by atoms with Crippen LogP contribution in [0.4, 0.5) is 17.6 Å². The molecule has 0 radical (unpaired) electrons. The topological polar surface area (TPSA) is 35.5 Å². The van der Waals surface area contributed by atoms with Gasteiger partial charge in [-0.15, -0.1) is 0 Å². The van der Waals surface area contributed by atoms with E-state index < -0.39 is 35.0 Å². The molecule has 0 N–H and O–H groups in total. The minimum Gasteiger partial charge on any atom is -0.491 e. The summed E-state index contributed by atoms with van der Waals surface area (Å²) < 4.78 is 69.7. The monoisotopic (exact) mass is 624 g/mol. The van der Waals surface area contributed by atoms with Crippen molar-refractivity contribution in [1.29, 1.82) is 0 Å². The van der Waals surface area contributed by atoms with Crippen molar-refractivity contribution in [3.63, 3.8) is 0 Å². The molecular weight excluding hydrogens is 580 g/mol. The third-order valence-electron chi connectivity index (χ3n) is 9.94. The number of hydrogen-bond donors (Lipinski definition) is 0. The number of esters is 1. The summed E-state index contributed by atoms with van der Waals surface area (Å²) in [6, 6.07) is 13.0. The highest BCUT2D eigenvalue weighted by Gasteiger charge is 2.29. The van der Waals surface area contributed by atoms with Crippen molar-refractivity contribution < 1.29 is 31.8 Å². The first kappa shape index (κ1) is 33.0. The van der Waals surface area contributed by atoms with Crippen LogP contribution in [0, 0.1) is 29.2 Å². The molecule has 2 aliphatic rings. The van der Waals surface area contributed by atoms with E-state index in [1.165, 1.54) is 37.8 Å². The smallest absolute Gasteiger partial charge is 0.343 e. The highest BCUT2D eigenvalue weighted by atomic mass is 19.2. The lowest BCUT2D eigenvalue weighted by atomic mass is 9.76. The van der Waals surface area contributed by atoms with Crippen molar-refractivity contribution in [3.8, 4) is 11.5 Å². The van der Waals surface area contributed by atoms with Crippen LogP contribution < -0.4 is 9.47 Å². The third kappa shape index (κ3) is 7.73. The van der Waals surface area contributed by atoms with Gasteiger partial charge in [-0.3, -0.25) is 0 Å². The predicted molar refractivity (Wildman–Crippen MR) is 168 cm³/mol. The fraction of sp³-hybridized carbons (Fsp3) is 0.500. The molecule has 0 unspecified atom stereocenters. The van der Waals surface area contributed by atoms with Crippen LogP contribution in [0.2, 0.25) is 0 Å². The Morgan fingerprint density at radius 2 is 1.18 bits per heavy atom. The Labute approximate surface area is 264 Å². The Bertz CT molecular complexity index is 1440. The van der Waals surface area contributed by atoms with Crippen molar-refractivity contribution >= 4 is 5.97 Å². The van der Waals surface area contributed by atoms with Crippen LogP contribution in [0.1, 0.15) is 136 Å². The van der Waals surface area contributed by atoms with Gasteiger partial charge < -0.3 is 9.47 Å². The molecule has 0 aromatic heterocycles. The van der Waals surface area contributed by atoms with E-state index in [0.29, 0.717) is 29.9 Å². The molecule has 2 aliphatic carbocycles. The highest BCUT2D eigenvalue weighted by molar-refractivity contribution is 5.91. The minimum atomic E-state index is -1.12. The summed E-state index contributed by atoms with van der Waals surface area (Å²) >= 11 is 0. The number of ether oxygens (including phenoxy) is 2. The first-order valence-electron chi connectivity index (χ1n) is 16.7. The third-order valence-corrected chi connectivity index (χ3v) is 9.94. The summed E-state index contributed by atoms with van der Waals surface area (Å²) in [7, 11) is 0. The predicted octanol–water partition coefficient (Wildman–Crippen LogP) is 11.2. The zero-order valence-corrected chi connectivity index (χ0v) is 26.4. The van der Waals surface area contributed by atoms with E-state index in [-0.39, 0.29) is 35.7 Å². The Kier molecular flexibility index (Phi) is 11.2. The molecule has 0 spiro atoms. The van der Waals surface area contributed by atoms with Crippen LogP contribution in [0.3, 0.4) is 0 Å². The van der Waals surface area contributed by atoms with Crippen LogP contribution in [0.25, 0.3) is 0 Å². The number of carbonyl (C=O) groups is 1. The Morgan fingerprint density at radius 3 is 1.76 bits per heavy atom. The summed E-state index contributed by atoms with van der Waals surface area (Å²) in [5.41, 5.74) is 2.03. The highest BCUT2D eigenvalue weighted by Crippen LogP contribution is 2.43. The van der Waals surface area contributed by atoms with Gasteiger partial charge in [-0.05, 0) is 123 Å². The van der Waals surface area contributed by atoms with E-state index in [0.717, 1.165) is 44.1 Å². The van der Waals surface area contributed by atoms with E-state index in [1.807, 2.05) is 12.1 Å². The largest absolute Gasteiger partial charge is 0.491 e. The standard InChI is InChI=1S/C38H44F4O3/c1-3-5-6-7-24-8-10-27(11-9-24)31-21-23-33(37(42)35(31)40)45-38(43)29-18-14-26(15-19-29)25-12-16-28(17-13-25)30-20-22-32(44-4-2)36(41)34(30)39/h14-15,18-25,27-28H,3-13,16-17H2,1-2H3. The van der Waals surface area contributed by atoms with E-state index in [2.05, 4.69) is 6.92 Å². The van der Waals surface area contributed by atoms with Gasteiger partial charge in [0.25, 0.3) is 0 Å². The average Bonchev–Trinajstić information content (AvgIpc) is 3.06. The maximum Gasteiger partial charge on any atom is 0.343 e. The van der Waals surface area contributed by atoms with Crippen molar-refractivity contribution in [1.82, 2.24) is 0 Å². The SMILES string of the molecule is CCCCCC1CCC(c2ccc(OC(=O)c3ccc(C4CCC(c5ccc(OCC)c(F)c5F)CC4)cc3)c(F)c2F)CC1. The lowest BCUT2D eigenvalue weighted by Crippen LogP contribution is -2.16. The lowest BCUT2D eigenvalue weighted by Gasteiger charge is -2.29. The number of halogens is 4. The average molecular weight is 625 g/mol. The number of carbonyl (C=O) groups excluding carboxylic acids is 1. The second-order valence-corrected chi connectivity index (χ2v) is 12.8. The number of rotatable bonds is 11. The fourth-order valence-corrected chi connectivity index (χ4v) is 7.30. The molecular formula is C38H44F4O3. The van der Waals surface area contributed by atoms with Gasteiger partial charge in [-0.2, -0.15) is 8.78 Å². The molecule has 45 heavy (non-hydrogen) atoms. The molecule has 242 valence electrons. The van der Waals surface area contributed by atoms with Gasteiger partial charge in [-0.1, -0.05) is 56.9 Å². The molecule has 3 aromatic carbocycles. The molecule has 7 heteroatoms. The van der Waals surface area contributed by atoms with Gasteiger partial charge in [0.2, 0.25) is 11.6 Å². The maximum atomic E-state index is 15.1. The zero-order valence-electron chi connectivity index (χ0n) is 26.4. The molecule has 0 saturated heterocycles. The number of hydrogen-bond acceptors (Lipinski definition) is 3. The van der Waals surface area contributed by atoms with Gasteiger partial charge in [0.15, 0.2) is 23.1 Å². The molecule has 5 rings (SSSR count). The molecule has 0 bridgehead atoms. The molecule has 0 heterocycles. The summed E-state index contributed by atoms with van der Waals surface area (Å²) in [5, 5.41) is 0. The van der Waals surface area contributed by atoms with Crippen LogP contribution in [-0.2, 0) is 0 Å². The molecule has 3 nitrogen and oxygen atoms in total. The van der Waals surface area contributed by atoms with E-state index in [9.17, 15) is 13.6 Å². The van der Waals surface area contributed by atoms with Crippen LogP contribution in [0.15, 0.2) is 48.5 Å². The fourth-order valence-electron chi connectivity index (χ4n) is 7.30. The maximum absolute atomic E-state index is 15.1. The van der Waals surface area contributed by atoms with Gasteiger partial charge >= 0.3 is 5.97 Å². The van der Waals surface area contributed by atoms with Crippen LogP contribution >= 0.6 is 0 Å². The molecule has 0 aliphatic heterocycles. The second-order valence-electron chi connectivity index (χ2n) is 12.8. The molecule has 2 fully saturated rings. The quantitative estimate of drug-likeness (QED) is 0.0922. The van der Waals surface area contributed by atoms with E-state index in [4.69, 9.17) is 9.47 Å². The first-order valence-corrected chi connectivity index (χ1v) is 16.7. The Morgan fingerprint density at radius 1 is 0.644 bits per heavy atom. The zero-order chi connectivity index (χ0) is 31.9. The molecule has 3 aromatic rings. The van der Waals surface area contributed by atoms with Gasteiger partial charge in [0.1, 0.15) is 0 Å². The summed E-state index contributed by atoms with van der Waals surface area (Å²) in [4.78, 5) is 12.8. The molecule has 2 saturated carbocycles. The van der Waals surface area contributed by atoms with Gasteiger partial charge in [0, 0.05) is 0 Å². The normalized spacial score (nSPS) is 21.8. The Balaban J connectivity index is 1.15. The van der Waals surface area contributed by atoms with E-state index in [1.54, 1.807) is 31.2 Å². The Hall–Kier alpha value is -3.35. The summed E-state index contributed by atoms with van der Waals surface area (Å²) in [5.74, 6) is -4.26. The number of unbranched alkanes of at least 4 members (excludes halogenated alkanes) is 2. The van der Waals surface area contributed by atoms with Crippen molar-refractivity contribution in [2.45, 2.75) is 109 Å². The van der Waals surface area contributed by atoms with Crippen LogP contribution in [-0.4, -0.2) is 12.6 Å². The van der Waals surface area contributed by atoms with Crippen molar-refractivity contribution in [3.05, 3.63) is 94.1 Å². The minimum absolute atomic E-state index is 0.0181. The summed E-state index contributed by atoms with van der Waals surface area (Å²) in [6.07, 6.45) is 11.6. The van der Waals surface area contributed by atoms with Crippen molar-refractivity contribution in [2.75, 3.05) is 6.61 Å². The molecule has 0 atom stereocenters. The van der Waals surface area contributed by atoms with Gasteiger partial charge in [-0.25, -0.2) is 13.6 Å². The first-order chi connectivity index (χ1) is 21.8.